The number of hydrogen-bond acceptors (Lipinski definition) is 5. The smallest absolute Gasteiger partial charge is 0.255 e. The van der Waals surface area contributed by atoms with E-state index in [4.69, 9.17) is 4.74 Å². The lowest BCUT2D eigenvalue weighted by Crippen LogP contribution is -2.35. The summed E-state index contributed by atoms with van der Waals surface area (Å²) in [7, 11) is 1.80. The van der Waals surface area contributed by atoms with Gasteiger partial charge in [0.1, 0.15) is 5.69 Å². The van der Waals surface area contributed by atoms with Crippen molar-refractivity contribution in [3.05, 3.63) is 59.7 Å². The molecule has 2 aliphatic rings. The molecule has 148 valence electrons. The van der Waals surface area contributed by atoms with Crippen LogP contribution in [0.25, 0.3) is 0 Å². The van der Waals surface area contributed by atoms with Crippen molar-refractivity contribution in [3.63, 3.8) is 0 Å². The van der Waals surface area contributed by atoms with Crippen LogP contribution in [0.1, 0.15) is 28.9 Å². The minimum Gasteiger partial charge on any atom is -0.504 e. The lowest BCUT2D eigenvalue weighted by atomic mass is 9.91. The van der Waals surface area contributed by atoms with E-state index in [0.717, 1.165) is 32.4 Å². The number of fused-ring (bicyclic) bond motifs is 1. The Morgan fingerprint density at radius 1 is 1.21 bits per heavy atom. The molecule has 2 aromatic rings. The van der Waals surface area contributed by atoms with Crippen LogP contribution in [0.5, 0.6) is 5.75 Å². The number of rotatable bonds is 6. The molecule has 0 spiro atoms. The van der Waals surface area contributed by atoms with Crippen LogP contribution in [0.4, 0.5) is 4.39 Å². The Balaban J connectivity index is 1.37. The van der Waals surface area contributed by atoms with Crippen LogP contribution in [0.15, 0.2) is 42.5 Å². The molecule has 1 unspecified atom stereocenters. The van der Waals surface area contributed by atoms with Crippen LogP contribution in [0.2, 0.25) is 0 Å². The predicted octanol–water partition coefficient (Wildman–Crippen LogP) is 3.08. The summed E-state index contributed by atoms with van der Waals surface area (Å²) in [6.45, 7) is 1.91. The fourth-order valence-corrected chi connectivity index (χ4v) is 4.88. The van der Waals surface area contributed by atoms with E-state index < -0.39 is 11.7 Å². The van der Waals surface area contributed by atoms with Gasteiger partial charge in [0.15, 0.2) is 11.5 Å². The Hall–Kier alpha value is -2.31. The number of Topliss-reactive ketones (excluding diaryl/α,β-unsaturated/α-hetero) is 1. The third-order valence-electron chi connectivity index (χ3n) is 6.20. The van der Waals surface area contributed by atoms with Crippen LogP contribution < -0.4 is 0 Å². The van der Waals surface area contributed by atoms with Crippen molar-refractivity contribution in [3.8, 4) is 5.75 Å². The number of ether oxygens (including phenoxy) is 1. The van der Waals surface area contributed by atoms with Crippen molar-refractivity contribution < 1.29 is 19.0 Å². The van der Waals surface area contributed by atoms with Crippen LogP contribution in [-0.4, -0.2) is 53.1 Å². The number of hydrogen-bond donors (Lipinski definition) is 1. The number of halogens is 1. The molecule has 1 aliphatic heterocycles. The molecular weight excluding hydrogens is 359 g/mol. The van der Waals surface area contributed by atoms with Gasteiger partial charge in [0.25, 0.3) is 5.95 Å². The zero-order valence-corrected chi connectivity index (χ0v) is 16.0. The summed E-state index contributed by atoms with van der Waals surface area (Å²) >= 11 is 0. The Morgan fingerprint density at radius 3 is 2.50 bits per heavy atom. The highest BCUT2D eigenvalue weighted by Crippen LogP contribution is 2.47. The number of nitrogens with zero attached hydrogens (tertiary/aromatic N) is 2. The van der Waals surface area contributed by atoms with E-state index in [9.17, 15) is 14.3 Å². The topological polar surface area (TPSA) is 62.7 Å². The SMILES string of the molecule is COC1(Cc2ccccc2)C[C@H]2CN(CC(=O)c3ccc(O)c(F)n3)C[C@H]2C1. The maximum Gasteiger partial charge on any atom is 0.255 e. The summed E-state index contributed by atoms with van der Waals surface area (Å²) in [5.74, 6) is -0.764. The number of benzene rings is 1. The Labute approximate surface area is 164 Å². The summed E-state index contributed by atoms with van der Waals surface area (Å²) in [5.41, 5.74) is 1.22. The maximum atomic E-state index is 13.4. The van der Waals surface area contributed by atoms with E-state index >= 15 is 0 Å². The lowest BCUT2D eigenvalue weighted by Gasteiger charge is -2.30. The van der Waals surface area contributed by atoms with E-state index in [1.807, 2.05) is 6.07 Å². The standard InChI is InChI=1S/C22H25FN2O3/c1-28-22(9-15-5-3-2-4-6-15)10-16-12-25(13-17(16)11-22)14-20(27)18-7-8-19(26)21(23)24-18/h2-8,16-17,26H,9-14H2,1H3/t16-,17+,22?. The molecule has 0 radical (unpaired) electrons. The highest BCUT2D eigenvalue weighted by atomic mass is 19.1. The molecule has 6 heteroatoms. The number of methoxy groups -OCH3 is 1. The summed E-state index contributed by atoms with van der Waals surface area (Å²) < 4.78 is 19.4. The molecule has 1 aromatic heterocycles. The molecule has 2 heterocycles. The van der Waals surface area contributed by atoms with Gasteiger partial charge >= 0.3 is 0 Å². The summed E-state index contributed by atoms with van der Waals surface area (Å²) in [6.07, 6.45) is 2.88. The van der Waals surface area contributed by atoms with Gasteiger partial charge in [-0.1, -0.05) is 30.3 Å². The average molecular weight is 384 g/mol. The first-order valence-corrected chi connectivity index (χ1v) is 9.68. The van der Waals surface area contributed by atoms with E-state index in [-0.39, 0.29) is 23.6 Å². The second-order valence-corrected chi connectivity index (χ2v) is 8.10. The first-order chi connectivity index (χ1) is 13.5. The minimum atomic E-state index is -1.00. The molecule has 1 saturated carbocycles. The molecule has 4 rings (SSSR count). The van der Waals surface area contributed by atoms with Gasteiger partial charge in [0.05, 0.1) is 12.1 Å². The quantitative estimate of drug-likeness (QED) is 0.613. The molecule has 28 heavy (non-hydrogen) atoms. The number of carbonyl (C=O) groups is 1. The van der Waals surface area contributed by atoms with Gasteiger partial charge in [-0.3, -0.25) is 9.69 Å². The number of likely N-dealkylation sites (tertiary alicyclic amines) is 1. The molecule has 1 aromatic carbocycles. The van der Waals surface area contributed by atoms with Gasteiger partial charge in [-0.25, -0.2) is 4.98 Å². The molecule has 2 fully saturated rings. The first kappa shape index (κ1) is 19.0. The van der Waals surface area contributed by atoms with E-state index in [2.05, 4.69) is 34.1 Å². The highest BCUT2D eigenvalue weighted by Gasteiger charge is 2.49. The van der Waals surface area contributed by atoms with Crippen LogP contribution in [0.3, 0.4) is 0 Å². The lowest BCUT2D eigenvalue weighted by molar-refractivity contribution is -0.0129. The number of carbonyl (C=O) groups excluding carboxylic acids is 1. The van der Waals surface area contributed by atoms with Crippen molar-refractivity contribution in [2.45, 2.75) is 24.9 Å². The summed E-state index contributed by atoms with van der Waals surface area (Å²) in [5, 5.41) is 9.23. The molecule has 1 saturated heterocycles. The van der Waals surface area contributed by atoms with Gasteiger partial charge in [0, 0.05) is 26.6 Å². The van der Waals surface area contributed by atoms with Crippen LogP contribution in [0, 0.1) is 17.8 Å². The van der Waals surface area contributed by atoms with Gasteiger partial charge in [-0.2, -0.15) is 4.39 Å². The first-order valence-electron chi connectivity index (χ1n) is 9.68. The molecule has 3 atom stereocenters. The van der Waals surface area contributed by atoms with Crippen LogP contribution in [-0.2, 0) is 11.2 Å². The Bertz CT molecular complexity index is 844. The van der Waals surface area contributed by atoms with Crippen LogP contribution >= 0.6 is 0 Å². The maximum absolute atomic E-state index is 13.4. The van der Waals surface area contributed by atoms with Gasteiger partial charge < -0.3 is 9.84 Å². The number of aromatic nitrogens is 1. The fourth-order valence-electron chi connectivity index (χ4n) is 4.88. The Morgan fingerprint density at radius 2 is 1.89 bits per heavy atom. The molecule has 1 aliphatic carbocycles. The average Bonchev–Trinajstić information content (AvgIpc) is 3.20. The molecule has 5 nitrogen and oxygen atoms in total. The van der Waals surface area contributed by atoms with E-state index in [0.29, 0.717) is 11.8 Å². The number of pyridine rings is 1. The third-order valence-corrected chi connectivity index (χ3v) is 6.20. The number of aromatic hydroxyl groups is 1. The van der Waals surface area contributed by atoms with E-state index in [1.165, 1.54) is 17.7 Å². The van der Waals surface area contributed by atoms with E-state index in [1.54, 1.807) is 7.11 Å². The normalized spacial score (nSPS) is 27.1. The predicted molar refractivity (Wildman–Crippen MR) is 103 cm³/mol. The van der Waals surface area contributed by atoms with Crippen molar-refractivity contribution in [2.24, 2.45) is 11.8 Å². The summed E-state index contributed by atoms with van der Waals surface area (Å²) in [6, 6.07) is 13.0. The summed E-state index contributed by atoms with van der Waals surface area (Å²) in [4.78, 5) is 18.1. The Kier molecular flexibility index (Phi) is 5.17. The monoisotopic (exact) mass is 384 g/mol. The molecule has 0 amide bonds. The second-order valence-electron chi connectivity index (χ2n) is 8.10. The molecular formula is C22H25FN2O3. The minimum absolute atomic E-state index is 0.0580. The van der Waals surface area contributed by atoms with Crippen molar-refractivity contribution in [1.82, 2.24) is 9.88 Å². The third kappa shape index (κ3) is 3.80. The largest absolute Gasteiger partial charge is 0.504 e. The van der Waals surface area contributed by atoms with Crippen molar-refractivity contribution in [2.75, 3.05) is 26.7 Å². The highest BCUT2D eigenvalue weighted by molar-refractivity contribution is 5.95. The second kappa shape index (κ2) is 7.60. The van der Waals surface area contributed by atoms with Gasteiger partial charge in [-0.15, -0.1) is 0 Å². The van der Waals surface area contributed by atoms with Gasteiger partial charge in [0.2, 0.25) is 0 Å². The number of ketones is 1. The molecule has 1 N–H and O–H groups in total. The van der Waals surface area contributed by atoms with Crippen molar-refractivity contribution >= 4 is 5.78 Å². The zero-order chi connectivity index (χ0) is 19.7. The van der Waals surface area contributed by atoms with Gasteiger partial charge in [-0.05, 0) is 42.4 Å². The zero-order valence-electron chi connectivity index (χ0n) is 16.0. The molecule has 0 bridgehead atoms. The fraction of sp³-hybridized carbons (Fsp3) is 0.455. The van der Waals surface area contributed by atoms with Crippen molar-refractivity contribution in [1.29, 1.82) is 0 Å².